The summed E-state index contributed by atoms with van der Waals surface area (Å²) in [7, 11) is 0. The van der Waals surface area contributed by atoms with Crippen LogP contribution in [-0.4, -0.2) is 16.5 Å². The van der Waals surface area contributed by atoms with Gasteiger partial charge in [-0.1, -0.05) is 27.7 Å². The van der Waals surface area contributed by atoms with Crippen molar-refractivity contribution in [3.05, 3.63) is 17.2 Å². The van der Waals surface area contributed by atoms with Crippen LogP contribution < -0.4 is 5.32 Å². The quantitative estimate of drug-likeness (QED) is 0.842. The van der Waals surface area contributed by atoms with Crippen LogP contribution in [0, 0.1) is 5.92 Å². The Kier molecular flexibility index (Phi) is 3.57. The van der Waals surface area contributed by atoms with Gasteiger partial charge in [-0.15, -0.1) is 0 Å². The molecule has 0 saturated carbocycles. The molecule has 0 bridgehead atoms. The van der Waals surface area contributed by atoms with Crippen molar-refractivity contribution >= 4 is 0 Å². The third-order valence-corrected chi connectivity index (χ3v) is 3.54. The Hall–Kier alpha value is -0.830. The highest BCUT2D eigenvalue weighted by Gasteiger charge is 2.30. The number of aromatic amines is 1. The molecule has 1 aliphatic carbocycles. The maximum absolute atomic E-state index is 4.78. The predicted molar refractivity (Wildman–Crippen MR) is 71.1 cm³/mol. The monoisotopic (exact) mass is 235 g/mol. The predicted octanol–water partition coefficient (Wildman–Crippen LogP) is 2.77. The molecule has 1 aromatic heterocycles. The van der Waals surface area contributed by atoms with Gasteiger partial charge >= 0.3 is 0 Å². The molecule has 0 radical (unpaired) electrons. The third kappa shape index (κ3) is 2.89. The highest BCUT2D eigenvalue weighted by Crippen LogP contribution is 2.34. The van der Waals surface area contributed by atoms with Crippen molar-refractivity contribution in [1.82, 2.24) is 15.3 Å². The zero-order valence-corrected chi connectivity index (χ0v) is 11.6. The van der Waals surface area contributed by atoms with E-state index in [1.54, 1.807) is 0 Å². The first kappa shape index (κ1) is 12.6. The van der Waals surface area contributed by atoms with Gasteiger partial charge in [-0.25, -0.2) is 4.98 Å². The number of hydrogen-bond donors (Lipinski definition) is 2. The number of rotatable bonds is 4. The highest BCUT2D eigenvalue weighted by molar-refractivity contribution is 5.26. The van der Waals surface area contributed by atoms with Gasteiger partial charge in [-0.3, -0.25) is 0 Å². The number of aryl methyl sites for hydroxylation is 1. The first-order valence-electron chi connectivity index (χ1n) is 6.78. The molecule has 3 nitrogen and oxygen atoms in total. The first-order valence-corrected chi connectivity index (χ1v) is 6.78. The van der Waals surface area contributed by atoms with Crippen LogP contribution >= 0.6 is 0 Å². The summed E-state index contributed by atoms with van der Waals surface area (Å²) < 4.78 is 0. The molecule has 0 spiro atoms. The van der Waals surface area contributed by atoms with Gasteiger partial charge in [0.2, 0.25) is 0 Å². The number of H-pyrrole nitrogens is 1. The van der Waals surface area contributed by atoms with Crippen LogP contribution in [0.3, 0.4) is 0 Å². The lowest BCUT2D eigenvalue weighted by Crippen LogP contribution is -2.24. The van der Waals surface area contributed by atoms with Crippen LogP contribution in [0.2, 0.25) is 0 Å². The lowest BCUT2D eigenvalue weighted by molar-refractivity contribution is 0.419. The number of hydrogen-bond acceptors (Lipinski definition) is 2. The van der Waals surface area contributed by atoms with Crippen molar-refractivity contribution in [1.29, 1.82) is 0 Å². The van der Waals surface area contributed by atoms with E-state index in [2.05, 4.69) is 38.0 Å². The molecule has 17 heavy (non-hydrogen) atoms. The molecule has 3 heteroatoms. The van der Waals surface area contributed by atoms with E-state index < -0.39 is 0 Å². The van der Waals surface area contributed by atoms with Gasteiger partial charge < -0.3 is 10.3 Å². The van der Waals surface area contributed by atoms with Gasteiger partial charge in [0, 0.05) is 11.1 Å². The van der Waals surface area contributed by atoms with E-state index in [4.69, 9.17) is 4.98 Å². The van der Waals surface area contributed by atoms with Crippen LogP contribution in [0.25, 0.3) is 0 Å². The van der Waals surface area contributed by atoms with E-state index in [0.717, 1.165) is 25.3 Å². The van der Waals surface area contributed by atoms with Crippen molar-refractivity contribution in [2.24, 2.45) is 5.92 Å². The minimum absolute atomic E-state index is 0.250. The van der Waals surface area contributed by atoms with Crippen LogP contribution in [0.15, 0.2) is 0 Å². The average Bonchev–Trinajstić information content (AvgIpc) is 2.61. The molecule has 1 aliphatic rings. The van der Waals surface area contributed by atoms with Crippen molar-refractivity contribution in [3.8, 4) is 0 Å². The molecule has 0 aliphatic heterocycles. The molecule has 0 atom stereocenters. The molecule has 0 unspecified atom stereocenters. The first-order chi connectivity index (χ1) is 7.99. The normalized spacial score (nSPS) is 18.4. The fraction of sp³-hybridized carbons (Fsp3) is 0.786. The molecule has 1 aromatic rings. The fourth-order valence-corrected chi connectivity index (χ4v) is 2.59. The second-order valence-electron chi connectivity index (χ2n) is 6.27. The van der Waals surface area contributed by atoms with E-state index >= 15 is 0 Å². The Morgan fingerprint density at radius 1 is 1.41 bits per heavy atom. The van der Waals surface area contributed by atoms with Crippen LogP contribution in [-0.2, 0) is 18.4 Å². The van der Waals surface area contributed by atoms with Crippen molar-refractivity contribution in [2.75, 3.05) is 6.54 Å². The third-order valence-electron chi connectivity index (χ3n) is 3.54. The van der Waals surface area contributed by atoms with Crippen LogP contribution in [0.4, 0.5) is 0 Å². The molecule has 0 aromatic carbocycles. The minimum atomic E-state index is 0.250. The van der Waals surface area contributed by atoms with Gasteiger partial charge in [0.05, 0.1) is 12.2 Å². The number of nitrogens with zero attached hydrogens (tertiary/aromatic N) is 1. The van der Waals surface area contributed by atoms with Crippen LogP contribution in [0.1, 0.15) is 57.7 Å². The zero-order valence-electron chi connectivity index (χ0n) is 11.6. The van der Waals surface area contributed by atoms with Crippen molar-refractivity contribution < 1.29 is 0 Å². The number of imidazole rings is 1. The largest absolute Gasteiger partial charge is 0.345 e. The molecule has 0 saturated heterocycles. The fourth-order valence-electron chi connectivity index (χ4n) is 2.59. The summed E-state index contributed by atoms with van der Waals surface area (Å²) in [6.45, 7) is 11.0. The van der Waals surface area contributed by atoms with Gasteiger partial charge in [0.1, 0.15) is 5.82 Å². The lowest BCUT2D eigenvalue weighted by atomic mass is 9.78. The second-order valence-corrected chi connectivity index (χ2v) is 6.27. The Labute approximate surface area is 104 Å². The zero-order chi connectivity index (χ0) is 12.5. The molecule has 2 N–H and O–H groups in total. The number of fused-ring (bicyclic) bond motifs is 1. The highest BCUT2D eigenvalue weighted by atomic mass is 15.0. The molecule has 2 rings (SSSR count). The maximum atomic E-state index is 4.78. The van der Waals surface area contributed by atoms with Crippen LogP contribution in [0.5, 0.6) is 0 Å². The number of aromatic nitrogens is 2. The van der Waals surface area contributed by atoms with Crippen molar-refractivity contribution in [3.63, 3.8) is 0 Å². The Bertz CT molecular complexity index is 377. The summed E-state index contributed by atoms with van der Waals surface area (Å²) in [5, 5.41) is 3.44. The Morgan fingerprint density at radius 2 is 2.18 bits per heavy atom. The summed E-state index contributed by atoms with van der Waals surface area (Å²) in [6, 6.07) is 0. The Morgan fingerprint density at radius 3 is 2.82 bits per heavy atom. The summed E-state index contributed by atoms with van der Waals surface area (Å²) in [4.78, 5) is 8.27. The Balaban J connectivity index is 2.04. The van der Waals surface area contributed by atoms with Gasteiger partial charge in [0.15, 0.2) is 0 Å². The average molecular weight is 235 g/mol. The van der Waals surface area contributed by atoms with Crippen molar-refractivity contribution in [2.45, 2.75) is 58.9 Å². The summed E-state index contributed by atoms with van der Waals surface area (Å²) in [6.07, 6.45) is 3.70. The summed E-state index contributed by atoms with van der Waals surface area (Å²) in [5.74, 6) is 1.79. The van der Waals surface area contributed by atoms with Gasteiger partial charge in [0.25, 0.3) is 0 Å². The maximum Gasteiger partial charge on any atom is 0.120 e. The van der Waals surface area contributed by atoms with E-state index in [9.17, 15) is 0 Å². The summed E-state index contributed by atoms with van der Waals surface area (Å²) in [5.41, 5.74) is 2.91. The summed E-state index contributed by atoms with van der Waals surface area (Å²) >= 11 is 0. The van der Waals surface area contributed by atoms with Gasteiger partial charge in [-0.05, 0) is 31.7 Å². The van der Waals surface area contributed by atoms with E-state index in [1.807, 2.05) is 0 Å². The topological polar surface area (TPSA) is 40.7 Å². The van der Waals surface area contributed by atoms with E-state index in [0.29, 0.717) is 5.92 Å². The smallest absolute Gasteiger partial charge is 0.120 e. The van der Waals surface area contributed by atoms with E-state index in [-0.39, 0.29) is 5.41 Å². The molecular weight excluding hydrogens is 210 g/mol. The minimum Gasteiger partial charge on any atom is -0.345 e. The standard InChI is InChI=1S/C14H25N3/c1-10(2)8-15-9-12-16-11-6-5-7-14(3,4)13(11)17-12/h10,15H,5-9H2,1-4H3,(H,16,17). The van der Waals surface area contributed by atoms with E-state index in [1.165, 1.54) is 24.2 Å². The van der Waals surface area contributed by atoms with Gasteiger partial charge in [-0.2, -0.15) is 0 Å². The lowest BCUT2D eigenvalue weighted by Gasteiger charge is -2.27. The molecule has 96 valence electrons. The molecule has 1 heterocycles. The molecule has 0 fully saturated rings. The number of nitrogens with one attached hydrogen (secondary N) is 2. The molecule has 0 amide bonds. The second kappa shape index (κ2) is 4.81. The SMILES string of the molecule is CC(C)CNCc1nc2c([nH]1)CCCC2(C)C. The molecular formula is C14H25N3.